The van der Waals surface area contributed by atoms with E-state index in [-0.39, 0.29) is 4.90 Å². The van der Waals surface area contributed by atoms with Gasteiger partial charge in [0.1, 0.15) is 0 Å². The van der Waals surface area contributed by atoms with Crippen LogP contribution in [0.15, 0.2) is 35.2 Å². The first-order valence-corrected chi connectivity index (χ1v) is 9.06. The summed E-state index contributed by atoms with van der Waals surface area (Å²) in [4.78, 5) is 0.0151. The zero-order valence-electron chi connectivity index (χ0n) is 10.8. The zero-order chi connectivity index (χ0) is 15.8. The smallest absolute Gasteiger partial charge is 0.262 e. The van der Waals surface area contributed by atoms with Crippen LogP contribution >= 0.6 is 45.8 Å². The van der Waals surface area contributed by atoms with Gasteiger partial charge < -0.3 is 5.73 Å². The molecule has 4 nitrogen and oxygen atoms in total. The van der Waals surface area contributed by atoms with Crippen molar-refractivity contribution in [1.29, 1.82) is 0 Å². The summed E-state index contributed by atoms with van der Waals surface area (Å²) in [5.41, 5.74) is 7.18. The van der Waals surface area contributed by atoms with E-state index in [1.165, 1.54) is 12.1 Å². The molecule has 0 amide bonds. The van der Waals surface area contributed by atoms with Gasteiger partial charge in [-0.25, -0.2) is 8.42 Å². The van der Waals surface area contributed by atoms with Crippen molar-refractivity contribution in [2.45, 2.75) is 11.8 Å². The van der Waals surface area contributed by atoms with E-state index in [2.05, 4.69) is 4.72 Å². The highest BCUT2D eigenvalue weighted by atomic mass is 127. The van der Waals surface area contributed by atoms with Crippen molar-refractivity contribution in [2.24, 2.45) is 0 Å². The van der Waals surface area contributed by atoms with E-state index in [1.807, 2.05) is 22.6 Å². The van der Waals surface area contributed by atoms with E-state index in [0.717, 1.165) is 0 Å². The van der Waals surface area contributed by atoms with Crippen LogP contribution < -0.4 is 10.5 Å². The maximum atomic E-state index is 12.4. The van der Waals surface area contributed by atoms with Gasteiger partial charge in [-0.15, -0.1) is 0 Å². The summed E-state index contributed by atoms with van der Waals surface area (Å²) < 4.78 is 28.0. The van der Waals surface area contributed by atoms with E-state index >= 15 is 0 Å². The van der Waals surface area contributed by atoms with Crippen LogP contribution in [0.2, 0.25) is 10.0 Å². The largest absolute Gasteiger partial charge is 0.398 e. The van der Waals surface area contributed by atoms with E-state index in [0.29, 0.717) is 30.6 Å². The normalized spacial score (nSPS) is 11.4. The van der Waals surface area contributed by atoms with Gasteiger partial charge in [0, 0.05) is 19.3 Å². The molecule has 112 valence electrons. The first-order valence-electron chi connectivity index (χ1n) is 5.74. The van der Waals surface area contributed by atoms with Gasteiger partial charge >= 0.3 is 0 Å². The van der Waals surface area contributed by atoms with Crippen molar-refractivity contribution in [3.63, 3.8) is 0 Å². The van der Waals surface area contributed by atoms with Gasteiger partial charge in [0.25, 0.3) is 10.0 Å². The molecule has 0 radical (unpaired) electrons. The molecule has 0 atom stereocenters. The molecule has 0 unspecified atom stereocenters. The Labute approximate surface area is 146 Å². The summed E-state index contributed by atoms with van der Waals surface area (Å²) in [7, 11) is -3.77. The number of rotatable bonds is 3. The predicted octanol–water partition coefficient (Wildman–Crippen LogP) is 4.29. The zero-order valence-corrected chi connectivity index (χ0v) is 15.3. The lowest BCUT2D eigenvalue weighted by atomic mass is 10.2. The van der Waals surface area contributed by atoms with Gasteiger partial charge in [-0.3, -0.25) is 4.72 Å². The summed E-state index contributed by atoms with van der Waals surface area (Å²) in [6.45, 7) is 1.73. The number of hydrogen-bond donors (Lipinski definition) is 2. The van der Waals surface area contributed by atoms with E-state index in [4.69, 9.17) is 28.9 Å². The highest BCUT2D eigenvalue weighted by Gasteiger charge is 2.18. The number of nitrogens with one attached hydrogen (secondary N) is 1. The Hall–Kier alpha value is -0.700. The molecule has 2 aromatic carbocycles. The molecule has 0 spiro atoms. The Morgan fingerprint density at radius 3 is 2.43 bits per heavy atom. The Kier molecular flexibility index (Phi) is 4.92. The van der Waals surface area contributed by atoms with E-state index < -0.39 is 10.0 Å². The van der Waals surface area contributed by atoms with Crippen LogP contribution in [0.1, 0.15) is 5.56 Å². The summed E-state index contributed by atoms with van der Waals surface area (Å²) in [5.74, 6) is 0. The molecule has 21 heavy (non-hydrogen) atoms. The van der Waals surface area contributed by atoms with Crippen LogP contribution in [0.25, 0.3) is 0 Å². The summed E-state index contributed by atoms with van der Waals surface area (Å²) >= 11 is 13.8. The van der Waals surface area contributed by atoms with E-state index in [1.54, 1.807) is 25.1 Å². The molecule has 0 aliphatic rings. The molecule has 0 saturated heterocycles. The highest BCUT2D eigenvalue weighted by Crippen LogP contribution is 2.29. The molecule has 0 saturated carbocycles. The molecule has 2 rings (SSSR count). The third kappa shape index (κ3) is 3.74. The number of halogens is 3. The summed E-state index contributed by atoms with van der Waals surface area (Å²) in [6, 6.07) is 7.63. The van der Waals surface area contributed by atoms with Gasteiger partial charge in [-0.1, -0.05) is 23.2 Å². The number of sulfonamides is 1. The van der Waals surface area contributed by atoms with Crippen molar-refractivity contribution in [1.82, 2.24) is 0 Å². The molecular weight excluding hydrogens is 446 g/mol. The van der Waals surface area contributed by atoms with Crippen molar-refractivity contribution < 1.29 is 8.42 Å². The van der Waals surface area contributed by atoms with Gasteiger partial charge in [-0.2, -0.15) is 0 Å². The molecular formula is C13H11Cl2IN2O2S. The van der Waals surface area contributed by atoms with Crippen molar-refractivity contribution >= 4 is 67.2 Å². The van der Waals surface area contributed by atoms with Gasteiger partial charge in [0.15, 0.2) is 0 Å². The van der Waals surface area contributed by atoms with Crippen molar-refractivity contribution in [2.75, 3.05) is 10.5 Å². The predicted molar refractivity (Wildman–Crippen MR) is 95.6 cm³/mol. The minimum absolute atomic E-state index is 0.0151. The Balaban J connectivity index is 2.43. The number of nitrogen functional groups attached to an aromatic ring is 1. The molecule has 0 fully saturated rings. The standard InChI is InChI=1S/C13H11Cl2IN2O2S/c1-7-10(15)5-9(6-12(7)17)21(19,20)18-13-3-2-8(14)4-11(13)16/h2-6,18H,17H2,1H3. The molecule has 0 heterocycles. The molecule has 0 aliphatic heterocycles. The Bertz CT molecular complexity index is 787. The number of nitrogens with two attached hydrogens (primary N) is 1. The summed E-state index contributed by atoms with van der Waals surface area (Å²) in [6.07, 6.45) is 0. The molecule has 0 aromatic heterocycles. The topological polar surface area (TPSA) is 72.2 Å². The van der Waals surface area contributed by atoms with Crippen LogP contribution in [0.3, 0.4) is 0 Å². The average Bonchev–Trinajstić information content (AvgIpc) is 2.38. The first kappa shape index (κ1) is 16.7. The maximum Gasteiger partial charge on any atom is 0.262 e. The van der Waals surface area contributed by atoms with Crippen LogP contribution in [-0.2, 0) is 10.0 Å². The second-order valence-electron chi connectivity index (χ2n) is 4.35. The third-order valence-electron chi connectivity index (χ3n) is 2.84. The maximum absolute atomic E-state index is 12.4. The lowest BCUT2D eigenvalue weighted by Crippen LogP contribution is -2.14. The second kappa shape index (κ2) is 6.20. The van der Waals surface area contributed by atoms with Gasteiger partial charge in [0.2, 0.25) is 0 Å². The fourth-order valence-corrected chi connectivity index (χ4v) is 4.23. The molecule has 2 aromatic rings. The first-order chi connectivity index (χ1) is 9.70. The molecule has 0 bridgehead atoms. The number of anilines is 2. The minimum Gasteiger partial charge on any atom is -0.398 e. The van der Waals surface area contributed by atoms with Crippen LogP contribution in [0.5, 0.6) is 0 Å². The lowest BCUT2D eigenvalue weighted by molar-refractivity contribution is 0.601. The Morgan fingerprint density at radius 1 is 1.19 bits per heavy atom. The average molecular weight is 457 g/mol. The fraction of sp³-hybridized carbons (Fsp3) is 0.0769. The van der Waals surface area contributed by atoms with Gasteiger partial charge in [0.05, 0.1) is 10.6 Å². The fourth-order valence-electron chi connectivity index (χ4n) is 1.61. The number of hydrogen-bond acceptors (Lipinski definition) is 3. The lowest BCUT2D eigenvalue weighted by Gasteiger charge is -2.12. The highest BCUT2D eigenvalue weighted by molar-refractivity contribution is 14.1. The summed E-state index contributed by atoms with van der Waals surface area (Å²) in [5, 5.41) is 0.839. The molecule has 8 heteroatoms. The number of benzene rings is 2. The molecule has 3 N–H and O–H groups in total. The SMILES string of the molecule is Cc1c(N)cc(S(=O)(=O)Nc2ccc(Cl)cc2I)cc1Cl. The third-order valence-corrected chi connectivity index (χ3v) is 5.71. The quantitative estimate of drug-likeness (QED) is 0.534. The Morgan fingerprint density at radius 2 is 1.86 bits per heavy atom. The van der Waals surface area contributed by atoms with Crippen LogP contribution in [0, 0.1) is 10.5 Å². The van der Waals surface area contributed by atoms with Crippen LogP contribution in [0.4, 0.5) is 11.4 Å². The van der Waals surface area contributed by atoms with E-state index in [9.17, 15) is 8.42 Å². The van der Waals surface area contributed by atoms with Crippen molar-refractivity contribution in [3.05, 3.63) is 49.5 Å². The van der Waals surface area contributed by atoms with Gasteiger partial charge in [-0.05, 0) is 65.4 Å². The van der Waals surface area contributed by atoms with Crippen LogP contribution in [-0.4, -0.2) is 8.42 Å². The molecule has 0 aliphatic carbocycles. The monoisotopic (exact) mass is 456 g/mol. The minimum atomic E-state index is -3.77. The van der Waals surface area contributed by atoms with Crippen molar-refractivity contribution in [3.8, 4) is 0 Å². The second-order valence-corrected chi connectivity index (χ2v) is 8.04.